The zero-order valence-corrected chi connectivity index (χ0v) is 10.5. The molecule has 0 fully saturated rings. The van der Waals surface area contributed by atoms with E-state index in [9.17, 15) is 13.2 Å². The molecule has 6 nitrogen and oxygen atoms in total. The van der Waals surface area contributed by atoms with E-state index in [1.807, 2.05) is 0 Å². The summed E-state index contributed by atoms with van der Waals surface area (Å²) in [5.74, 6) is 0.354. The Hall–Kier alpha value is -1.21. The van der Waals surface area contributed by atoms with Crippen LogP contribution in [0.5, 0.6) is 0 Å². The molecule has 0 spiro atoms. The number of carbonyl (C=O) groups excluding carboxylic acids is 1. The fraction of sp³-hybridized carbons (Fsp3) is 0.556. The summed E-state index contributed by atoms with van der Waals surface area (Å²) in [6.07, 6.45) is 1.41. The maximum atomic E-state index is 11.8. The van der Waals surface area contributed by atoms with Crippen LogP contribution in [0.3, 0.4) is 0 Å². The fourth-order valence-corrected chi connectivity index (χ4v) is 2.33. The van der Waals surface area contributed by atoms with Gasteiger partial charge in [-0.3, -0.25) is 4.79 Å². The highest BCUT2D eigenvalue weighted by Gasteiger charge is 2.22. The normalized spacial score (nSPS) is 13.8. The number of aromatic nitrogens is 2. The molecule has 0 bridgehead atoms. The Morgan fingerprint density at radius 3 is 2.50 bits per heavy atom. The average molecular weight is 245 g/mol. The van der Waals surface area contributed by atoms with Crippen molar-refractivity contribution >= 4 is 15.8 Å². The van der Waals surface area contributed by atoms with Crippen LogP contribution in [0.15, 0.2) is 11.2 Å². The highest BCUT2D eigenvalue weighted by atomic mass is 32.2. The van der Waals surface area contributed by atoms with E-state index in [-0.39, 0.29) is 10.8 Å². The maximum absolute atomic E-state index is 11.8. The van der Waals surface area contributed by atoms with E-state index < -0.39 is 16.1 Å². The number of hydrogen-bond donors (Lipinski definition) is 1. The lowest BCUT2D eigenvalue weighted by atomic mass is 10.3. The maximum Gasteiger partial charge on any atom is 0.260 e. The van der Waals surface area contributed by atoms with E-state index in [2.05, 4.69) is 9.71 Å². The smallest absolute Gasteiger partial charge is 0.260 e. The number of hydrogen-bond acceptors (Lipinski definition) is 4. The van der Waals surface area contributed by atoms with Gasteiger partial charge in [-0.05, 0) is 20.8 Å². The molecule has 1 rings (SSSR count). The fourth-order valence-electron chi connectivity index (χ4n) is 1.03. The third kappa shape index (κ3) is 2.67. The van der Waals surface area contributed by atoms with E-state index >= 15 is 0 Å². The van der Waals surface area contributed by atoms with E-state index in [1.54, 1.807) is 18.5 Å². The van der Waals surface area contributed by atoms with Gasteiger partial charge in [-0.1, -0.05) is 0 Å². The Bertz CT molecular complexity index is 485. The Balaban J connectivity index is 2.99. The van der Waals surface area contributed by atoms with Crippen molar-refractivity contribution < 1.29 is 13.2 Å². The number of carbonyl (C=O) groups is 1. The van der Waals surface area contributed by atoms with Gasteiger partial charge in [0.05, 0.1) is 6.04 Å². The molecule has 7 heteroatoms. The Morgan fingerprint density at radius 2 is 2.12 bits per heavy atom. The van der Waals surface area contributed by atoms with Crippen LogP contribution < -0.4 is 4.72 Å². The molecule has 1 aromatic rings. The van der Waals surface area contributed by atoms with E-state index in [0.717, 1.165) is 0 Å². The van der Waals surface area contributed by atoms with Crippen LogP contribution in [0.25, 0.3) is 0 Å². The molecule has 16 heavy (non-hydrogen) atoms. The standard InChI is InChI=1S/C9H15N3O3S/c1-6(7(2)13)11-16(14,15)9-5-12(4)8(3)10-9/h5-6,11H,1-4H3. The van der Waals surface area contributed by atoms with Crippen LogP contribution in [0, 0.1) is 6.92 Å². The largest absolute Gasteiger partial charge is 0.337 e. The van der Waals surface area contributed by atoms with Crippen molar-refractivity contribution in [3.63, 3.8) is 0 Å². The Kier molecular flexibility index (Phi) is 3.49. The first-order valence-corrected chi connectivity index (χ1v) is 6.25. The quantitative estimate of drug-likeness (QED) is 0.808. The highest BCUT2D eigenvalue weighted by molar-refractivity contribution is 7.89. The zero-order valence-electron chi connectivity index (χ0n) is 9.68. The second-order valence-electron chi connectivity index (χ2n) is 3.69. The SMILES string of the molecule is CC(=O)C(C)NS(=O)(=O)c1cn(C)c(C)n1. The van der Waals surface area contributed by atoms with Gasteiger partial charge >= 0.3 is 0 Å². The van der Waals surface area contributed by atoms with E-state index in [1.165, 1.54) is 20.0 Å². The number of sulfonamides is 1. The molecular formula is C9H15N3O3S. The summed E-state index contributed by atoms with van der Waals surface area (Å²) in [7, 11) is -2.00. The van der Waals surface area contributed by atoms with Gasteiger partial charge in [0.25, 0.3) is 10.0 Å². The lowest BCUT2D eigenvalue weighted by Crippen LogP contribution is -2.37. The Morgan fingerprint density at radius 1 is 1.56 bits per heavy atom. The lowest BCUT2D eigenvalue weighted by molar-refractivity contribution is -0.118. The molecule has 0 amide bonds. The van der Waals surface area contributed by atoms with Gasteiger partial charge in [-0.25, -0.2) is 13.4 Å². The van der Waals surface area contributed by atoms with Crippen molar-refractivity contribution in [1.29, 1.82) is 0 Å². The first-order valence-electron chi connectivity index (χ1n) is 4.77. The molecule has 1 aromatic heterocycles. The number of aryl methyl sites for hydroxylation is 2. The lowest BCUT2D eigenvalue weighted by Gasteiger charge is -2.08. The molecule has 0 saturated carbocycles. The second kappa shape index (κ2) is 4.34. The minimum atomic E-state index is -3.71. The van der Waals surface area contributed by atoms with Gasteiger partial charge in [-0.15, -0.1) is 0 Å². The van der Waals surface area contributed by atoms with Crippen LogP contribution in [-0.4, -0.2) is 29.8 Å². The molecule has 0 aromatic carbocycles. The highest BCUT2D eigenvalue weighted by Crippen LogP contribution is 2.08. The minimum Gasteiger partial charge on any atom is -0.337 e. The van der Waals surface area contributed by atoms with Crippen LogP contribution in [0.1, 0.15) is 19.7 Å². The molecule has 0 saturated heterocycles. The monoisotopic (exact) mass is 245 g/mol. The molecule has 1 N–H and O–H groups in total. The summed E-state index contributed by atoms with van der Waals surface area (Å²) in [5.41, 5.74) is 0. The summed E-state index contributed by atoms with van der Waals surface area (Å²) in [6, 6.07) is -0.743. The van der Waals surface area contributed by atoms with Crippen LogP contribution in [0.2, 0.25) is 0 Å². The van der Waals surface area contributed by atoms with Crippen LogP contribution in [0.4, 0.5) is 0 Å². The summed E-state index contributed by atoms with van der Waals surface area (Å²) >= 11 is 0. The number of ketones is 1. The molecule has 1 unspecified atom stereocenters. The third-order valence-corrected chi connectivity index (χ3v) is 3.71. The van der Waals surface area contributed by atoms with Crippen molar-refractivity contribution in [2.75, 3.05) is 0 Å². The van der Waals surface area contributed by atoms with Gasteiger partial charge in [0, 0.05) is 13.2 Å². The van der Waals surface area contributed by atoms with Crippen LogP contribution >= 0.6 is 0 Å². The zero-order chi connectivity index (χ0) is 12.5. The predicted octanol–water partition coefficient (Wildman–Crippen LogP) is -0.0157. The average Bonchev–Trinajstić information content (AvgIpc) is 2.47. The van der Waals surface area contributed by atoms with Crippen molar-refractivity contribution in [2.45, 2.75) is 31.8 Å². The summed E-state index contributed by atoms with van der Waals surface area (Å²) in [4.78, 5) is 14.9. The number of Topliss-reactive ketones (excluding diaryl/α,β-unsaturated/α-hetero) is 1. The van der Waals surface area contributed by atoms with Gasteiger partial charge in [0.2, 0.25) is 0 Å². The number of imidazole rings is 1. The molecule has 1 heterocycles. The molecular weight excluding hydrogens is 230 g/mol. The number of nitrogens with zero attached hydrogens (tertiary/aromatic N) is 2. The third-order valence-electron chi connectivity index (χ3n) is 2.30. The van der Waals surface area contributed by atoms with Crippen molar-refractivity contribution in [1.82, 2.24) is 14.3 Å². The van der Waals surface area contributed by atoms with Crippen LogP contribution in [-0.2, 0) is 21.9 Å². The molecule has 0 radical (unpaired) electrons. The summed E-state index contributed by atoms with van der Waals surface area (Å²) in [6.45, 7) is 4.53. The van der Waals surface area contributed by atoms with E-state index in [4.69, 9.17) is 0 Å². The number of nitrogens with one attached hydrogen (secondary N) is 1. The predicted molar refractivity (Wildman–Crippen MR) is 58.4 cm³/mol. The molecule has 0 aliphatic heterocycles. The van der Waals surface area contributed by atoms with Gasteiger partial charge < -0.3 is 4.57 Å². The first kappa shape index (κ1) is 12.9. The van der Waals surface area contributed by atoms with E-state index in [0.29, 0.717) is 5.82 Å². The van der Waals surface area contributed by atoms with Crippen molar-refractivity contribution in [2.24, 2.45) is 7.05 Å². The molecule has 1 atom stereocenters. The summed E-state index contributed by atoms with van der Waals surface area (Å²) in [5, 5.41) is -0.0689. The van der Waals surface area contributed by atoms with Crippen molar-refractivity contribution in [3.8, 4) is 0 Å². The van der Waals surface area contributed by atoms with Gasteiger partial charge in [0.15, 0.2) is 5.03 Å². The summed E-state index contributed by atoms with van der Waals surface area (Å²) < 4.78 is 27.4. The molecule has 90 valence electrons. The topological polar surface area (TPSA) is 81.1 Å². The number of rotatable bonds is 4. The molecule has 0 aliphatic carbocycles. The Labute approximate surface area is 94.7 Å². The first-order chi connectivity index (χ1) is 7.24. The van der Waals surface area contributed by atoms with Gasteiger partial charge in [-0.2, -0.15) is 4.72 Å². The minimum absolute atomic E-state index is 0.0689. The molecule has 0 aliphatic rings. The van der Waals surface area contributed by atoms with Crippen molar-refractivity contribution in [3.05, 3.63) is 12.0 Å². The second-order valence-corrected chi connectivity index (χ2v) is 5.35. The van der Waals surface area contributed by atoms with Gasteiger partial charge in [0.1, 0.15) is 11.6 Å².